The summed E-state index contributed by atoms with van der Waals surface area (Å²) in [6.45, 7) is 10.2. The highest BCUT2D eigenvalue weighted by Gasteiger charge is 2.47. The minimum absolute atomic E-state index is 0.00669. The molecule has 0 radical (unpaired) electrons. The van der Waals surface area contributed by atoms with Crippen molar-refractivity contribution in [1.82, 2.24) is 0 Å². The Kier molecular flexibility index (Phi) is 7.56. The van der Waals surface area contributed by atoms with Crippen LogP contribution in [-0.4, -0.2) is 30.0 Å². The van der Waals surface area contributed by atoms with E-state index in [4.69, 9.17) is 21.1 Å². The number of carbonyl (C=O) groups excluding carboxylic acids is 2. The van der Waals surface area contributed by atoms with Crippen LogP contribution >= 0.6 is 11.6 Å². The second kappa shape index (κ2) is 10.5. The van der Waals surface area contributed by atoms with E-state index in [1.807, 2.05) is 38.1 Å². The number of benzene rings is 3. The molecule has 0 spiro atoms. The van der Waals surface area contributed by atoms with Crippen molar-refractivity contribution >= 4 is 34.7 Å². The summed E-state index contributed by atoms with van der Waals surface area (Å²) in [6.07, 6.45) is -0.00669. The molecule has 1 N–H and O–H groups in total. The van der Waals surface area contributed by atoms with Gasteiger partial charge >= 0.3 is 0 Å². The van der Waals surface area contributed by atoms with E-state index < -0.39 is 17.7 Å². The lowest BCUT2D eigenvalue weighted by Crippen LogP contribution is -2.29. The van der Waals surface area contributed by atoms with Crippen LogP contribution in [-0.2, 0) is 15.0 Å². The zero-order valence-corrected chi connectivity index (χ0v) is 23.2. The molecule has 0 aliphatic carbocycles. The highest BCUT2D eigenvalue weighted by atomic mass is 35.5. The number of hydrogen-bond acceptors (Lipinski definition) is 5. The van der Waals surface area contributed by atoms with Crippen LogP contribution in [0.15, 0.2) is 72.3 Å². The molecule has 3 aromatic rings. The Morgan fingerprint density at radius 1 is 0.974 bits per heavy atom. The Morgan fingerprint density at radius 2 is 1.61 bits per heavy atom. The minimum Gasteiger partial charge on any atom is -0.507 e. The molecule has 1 heterocycles. The average Bonchev–Trinajstić information content (AvgIpc) is 3.14. The molecule has 3 aromatic carbocycles. The lowest BCUT2D eigenvalue weighted by molar-refractivity contribution is -0.132. The maximum absolute atomic E-state index is 13.5. The van der Waals surface area contributed by atoms with Crippen LogP contribution in [0.25, 0.3) is 5.76 Å². The van der Waals surface area contributed by atoms with Crippen molar-refractivity contribution in [1.29, 1.82) is 0 Å². The SMILES string of the molecule is COc1cc(/C(O)=C2/C(=O)C(=O)N(c3ccc(OC(C)C)cc3)C2c2ccc(C(C)(C)C)cc2)ccc1Cl. The fraction of sp³-hybridized carbons (Fsp3) is 0.290. The highest BCUT2D eigenvalue weighted by Crippen LogP contribution is 2.43. The van der Waals surface area contributed by atoms with Crippen molar-refractivity contribution < 1.29 is 24.2 Å². The first kappa shape index (κ1) is 27.3. The summed E-state index contributed by atoms with van der Waals surface area (Å²) in [5.74, 6) is -0.805. The Hall–Kier alpha value is -3.77. The maximum atomic E-state index is 13.5. The summed E-state index contributed by atoms with van der Waals surface area (Å²) in [7, 11) is 1.47. The lowest BCUT2D eigenvalue weighted by atomic mass is 9.85. The average molecular weight is 534 g/mol. The van der Waals surface area contributed by atoms with Crippen LogP contribution in [0.3, 0.4) is 0 Å². The summed E-state index contributed by atoms with van der Waals surface area (Å²) in [4.78, 5) is 28.3. The molecule has 38 heavy (non-hydrogen) atoms. The standard InChI is InChI=1S/C31H32ClNO5/c1-18(2)38-23-14-12-22(13-15-23)33-27(19-7-10-21(11-8-19)31(3,4)5)26(29(35)30(33)36)28(34)20-9-16-24(32)25(17-20)37-6/h7-18,27,34H,1-6H3/b28-26-. The van der Waals surface area contributed by atoms with Gasteiger partial charge in [-0.2, -0.15) is 0 Å². The number of aliphatic hydroxyl groups excluding tert-OH is 1. The number of halogens is 1. The van der Waals surface area contributed by atoms with Crippen LogP contribution < -0.4 is 14.4 Å². The number of aliphatic hydroxyl groups is 1. The normalized spacial score (nSPS) is 17.3. The predicted octanol–water partition coefficient (Wildman–Crippen LogP) is 7.06. The van der Waals surface area contributed by atoms with E-state index in [-0.39, 0.29) is 22.9 Å². The Bertz CT molecular complexity index is 1390. The van der Waals surface area contributed by atoms with E-state index in [9.17, 15) is 14.7 Å². The number of anilines is 1. The summed E-state index contributed by atoms with van der Waals surface area (Å²) in [6, 6.07) is 18.6. The van der Waals surface area contributed by atoms with Crippen molar-refractivity contribution in [2.75, 3.05) is 12.0 Å². The van der Waals surface area contributed by atoms with E-state index in [0.717, 1.165) is 5.56 Å². The predicted molar refractivity (Wildman–Crippen MR) is 150 cm³/mol. The molecule has 1 saturated heterocycles. The lowest BCUT2D eigenvalue weighted by Gasteiger charge is -2.27. The van der Waals surface area contributed by atoms with Crippen LogP contribution in [0.2, 0.25) is 5.02 Å². The van der Waals surface area contributed by atoms with Gasteiger partial charge < -0.3 is 14.6 Å². The van der Waals surface area contributed by atoms with Gasteiger partial charge in [0.1, 0.15) is 17.3 Å². The van der Waals surface area contributed by atoms with Crippen LogP contribution in [0.1, 0.15) is 57.4 Å². The number of carbonyl (C=O) groups is 2. The quantitative estimate of drug-likeness (QED) is 0.208. The number of amides is 1. The van der Waals surface area contributed by atoms with Crippen LogP contribution in [0.4, 0.5) is 5.69 Å². The van der Waals surface area contributed by atoms with E-state index >= 15 is 0 Å². The number of hydrogen-bond donors (Lipinski definition) is 1. The van der Waals surface area contributed by atoms with Gasteiger partial charge in [-0.15, -0.1) is 0 Å². The first-order valence-electron chi connectivity index (χ1n) is 12.4. The Labute approximate surface area is 228 Å². The van der Waals surface area contributed by atoms with Crippen molar-refractivity contribution in [2.24, 2.45) is 0 Å². The zero-order chi connectivity index (χ0) is 27.8. The zero-order valence-electron chi connectivity index (χ0n) is 22.4. The van der Waals surface area contributed by atoms with Gasteiger partial charge in [-0.25, -0.2) is 0 Å². The summed E-state index contributed by atoms with van der Waals surface area (Å²) in [5.41, 5.74) is 2.55. The first-order chi connectivity index (χ1) is 17.9. The molecule has 1 atom stereocenters. The summed E-state index contributed by atoms with van der Waals surface area (Å²) in [5, 5.41) is 11.8. The monoisotopic (exact) mass is 533 g/mol. The maximum Gasteiger partial charge on any atom is 0.300 e. The molecule has 0 saturated carbocycles. The number of ether oxygens (including phenoxy) is 2. The number of nitrogens with zero attached hydrogens (tertiary/aromatic N) is 1. The highest BCUT2D eigenvalue weighted by molar-refractivity contribution is 6.51. The third-order valence-electron chi connectivity index (χ3n) is 6.45. The van der Waals surface area contributed by atoms with Gasteiger partial charge in [0.2, 0.25) is 0 Å². The van der Waals surface area contributed by atoms with Crippen molar-refractivity contribution in [3.05, 3.63) is 94.0 Å². The molecule has 1 fully saturated rings. The molecule has 1 aliphatic heterocycles. The number of Topliss-reactive ketones (excluding diaryl/α,β-unsaturated/α-hetero) is 1. The van der Waals surface area contributed by atoms with Crippen molar-refractivity contribution in [2.45, 2.75) is 52.2 Å². The molecule has 0 bridgehead atoms. The van der Waals surface area contributed by atoms with E-state index in [2.05, 4.69) is 20.8 Å². The first-order valence-corrected chi connectivity index (χ1v) is 12.8. The molecule has 1 unspecified atom stereocenters. The van der Waals surface area contributed by atoms with Gasteiger partial charge in [-0.05, 0) is 72.9 Å². The van der Waals surface area contributed by atoms with Crippen molar-refractivity contribution in [3.8, 4) is 11.5 Å². The smallest absolute Gasteiger partial charge is 0.300 e. The Morgan fingerprint density at radius 3 is 2.16 bits per heavy atom. The van der Waals surface area contributed by atoms with Crippen LogP contribution in [0.5, 0.6) is 11.5 Å². The van der Waals surface area contributed by atoms with Crippen LogP contribution in [0, 0.1) is 0 Å². The molecular formula is C31H32ClNO5. The van der Waals surface area contributed by atoms with Gasteiger partial charge in [0.25, 0.3) is 11.7 Å². The molecule has 1 aliphatic rings. The van der Waals surface area contributed by atoms with E-state index in [1.165, 1.54) is 12.0 Å². The molecule has 6 nitrogen and oxygen atoms in total. The van der Waals surface area contributed by atoms with Gasteiger partial charge in [-0.1, -0.05) is 56.6 Å². The third kappa shape index (κ3) is 5.27. The van der Waals surface area contributed by atoms with Gasteiger partial charge in [0, 0.05) is 11.3 Å². The fourth-order valence-electron chi connectivity index (χ4n) is 4.50. The topological polar surface area (TPSA) is 76.1 Å². The second-order valence-electron chi connectivity index (χ2n) is 10.6. The fourth-order valence-corrected chi connectivity index (χ4v) is 4.69. The van der Waals surface area contributed by atoms with Crippen molar-refractivity contribution in [3.63, 3.8) is 0 Å². The molecule has 0 aromatic heterocycles. The van der Waals surface area contributed by atoms with Gasteiger partial charge in [0.05, 0.1) is 29.9 Å². The van der Waals surface area contributed by atoms with E-state index in [1.54, 1.807) is 42.5 Å². The number of rotatable bonds is 6. The molecule has 1 amide bonds. The molecule has 198 valence electrons. The number of ketones is 1. The molecule has 7 heteroatoms. The number of methoxy groups -OCH3 is 1. The van der Waals surface area contributed by atoms with Gasteiger partial charge in [0.15, 0.2) is 0 Å². The summed E-state index contributed by atoms with van der Waals surface area (Å²) >= 11 is 6.17. The molecule has 4 rings (SSSR count). The van der Waals surface area contributed by atoms with E-state index in [0.29, 0.717) is 33.3 Å². The minimum atomic E-state index is -0.845. The summed E-state index contributed by atoms with van der Waals surface area (Å²) < 4.78 is 11.0. The Balaban J connectivity index is 1.89. The van der Waals surface area contributed by atoms with Gasteiger partial charge in [-0.3, -0.25) is 14.5 Å². The largest absolute Gasteiger partial charge is 0.507 e. The third-order valence-corrected chi connectivity index (χ3v) is 6.76. The molecular weight excluding hydrogens is 502 g/mol. The second-order valence-corrected chi connectivity index (χ2v) is 11.0.